The molecule has 1 aliphatic heterocycles. The van der Waals surface area contributed by atoms with Crippen molar-refractivity contribution in [2.24, 2.45) is 0 Å². The number of benzene rings is 3. The standard InChI is InChI=1S/C30H25N3O5S/c1-16-12-21-23(13-17(16)2)38-28-25(27(21)34)26(33(29(28)35)30-32-31-18(3)39-30)20-10-11-22(24(14-20)36-4)37-15-19-8-6-5-7-9-19/h5-14,26H,15H2,1-4H3. The molecule has 6 rings (SSSR count). The molecule has 1 amide bonds. The predicted octanol–water partition coefficient (Wildman–Crippen LogP) is 5.91. The Hall–Kier alpha value is -4.50. The smallest absolute Gasteiger partial charge is 0.297 e. The Balaban J connectivity index is 1.50. The molecule has 3 aromatic carbocycles. The highest BCUT2D eigenvalue weighted by molar-refractivity contribution is 7.15. The number of nitrogens with zero attached hydrogens (tertiary/aromatic N) is 3. The van der Waals surface area contributed by atoms with Gasteiger partial charge in [0.1, 0.15) is 17.2 Å². The van der Waals surface area contributed by atoms with Crippen LogP contribution in [0, 0.1) is 20.8 Å². The van der Waals surface area contributed by atoms with Gasteiger partial charge in [-0.3, -0.25) is 14.5 Å². The van der Waals surface area contributed by atoms with Gasteiger partial charge in [-0.2, -0.15) is 0 Å². The van der Waals surface area contributed by atoms with Crippen LogP contribution in [0.2, 0.25) is 0 Å². The number of aromatic nitrogens is 2. The summed E-state index contributed by atoms with van der Waals surface area (Å²) in [6.45, 7) is 6.07. The zero-order chi connectivity index (χ0) is 27.3. The van der Waals surface area contributed by atoms with Gasteiger partial charge < -0.3 is 13.9 Å². The summed E-state index contributed by atoms with van der Waals surface area (Å²) in [4.78, 5) is 29.2. The van der Waals surface area contributed by atoms with Crippen molar-refractivity contribution in [3.8, 4) is 11.5 Å². The van der Waals surface area contributed by atoms with Gasteiger partial charge in [-0.15, -0.1) is 10.2 Å². The summed E-state index contributed by atoms with van der Waals surface area (Å²) in [6.07, 6.45) is 0. The van der Waals surface area contributed by atoms with Crippen LogP contribution in [0.15, 0.2) is 69.9 Å². The van der Waals surface area contributed by atoms with Crippen LogP contribution in [0.5, 0.6) is 11.5 Å². The van der Waals surface area contributed by atoms with Gasteiger partial charge in [0.05, 0.1) is 24.1 Å². The van der Waals surface area contributed by atoms with Crippen LogP contribution in [0.3, 0.4) is 0 Å². The van der Waals surface area contributed by atoms with Crippen molar-refractivity contribution >= 4 is 33.3 Å². The first-order valence-corrected chi connectivity index (χ1v) is 13.2. The number of methoxy groups -OCH3 is 1. The fourth-order valence-corrected chi connectivity index (χ4v) is 5.55. The first-order chi connectivity index (χ1) is 18.9. The first kappa shape index (κ1) is 24.8. The van der Waals surface area contributed by atoms with Crippen molar-refractivity contribution < 1.29 is 18.7 Å². The van der Waals surface area contributed by atoms with E-state index in [0.717, 1.165) is 16.7 Å². The van der Waals surface area contributed by atoms with Crippen LogP contribution in [-0.4, -0.2) is 23.2 Å². The molecule has 9 heteroatoms. The number of carbonyl (C=O) groups is 1. The Morgan fingerprint density at radius 3 is 2.44 bits per heavy atom. The number of fused-ring (bicyclic) bond motifs is 2. The minimum absolute atomic E-state index is 0.0111. The van der Waals surface area contributed by atoms with Gasteiger partial charge >= 0.3 is 0 Å². The van der Waals surface area contributed by atoms with Crippen LogP contribution >= 0.6 is 11.3 Å². The lowest BCUT2D eigenvalue weighted by molar-refractivity contribution is 0.0970. The second-order valence-electron chi connectivity index (χ2n) is 9.47. The van der Waals surface area contributed by atoms with E-state index in [1.807, 2.05) is 63.2 Å². The molecule has 1 unspecified atom stereocenters. The molecule has 196 valence electrons. The molecule has 5 aromatic rings. The third kappa shape index (κ3) is 4.24. The van der Waals surface area contributed by atoms with Crippen LogP contribution in [0.25, 0.3) is 11.0 Å². The van der Waals surface area contributed by atoms with Gasteiger partial charge in [0.2, 0.25) is 10.9 Å². The molecule has 0 spiro atoms. The number of amides is 1. The van der Waals surface area contributed by atoms with E-state index < -0.39 is 11.9 Å². The fourth-order valence-electron chi connectivity index (χ4n) is 4.83. The maximum absolute atomic E-state index is 13.9. The molecule has 0 radical (unpaired) electrons. The fraction of sp³-hybridized carbons (Fsp3) is 0.200. The summed E-state index contributed by atoms with van der Waals surface area (Å²) in [5, 5.41) is 9.85. The van der Waals surface area contributed by atoms with E-state index in [2.05, 4.69) is 10.2 Å². The second-order valence-corrected chi connectivity index (χ2v) is 10.6. The van der Waals surface area contributed by atoms with Crippen LogP contribution < -0.4 is 19.8 Å². The summed E-state index contributed by atoms with van der Waals surface area (Å²) < 4.78 is 17.8. The Labute approximate surface area is 228 Å². The largest absolute Gasteiger partial charge is 0.493 e. The highest BCUT2D eigenvalue weighted by Gasteiger charge is 2.45. The minimum atomic E-state index is -0.779. The Bertz CT molecular complexity index is 1790. The minimum Gasteiger partial charge on any atom is -0.493 e. The highest BCUT2D eigenvalue weighted by atomic mass is 32.1. The molecule has 0 N–H and O–H groups in total. The average molecular weight is 540 g/mol. The van der Waals surface area contributed by atoms with Crippen molar-refractivity contribution in [3.63, 3.8) is 0 Å². The molecule has 0 aliphatic carbocycles. The van der Waals surface area contributed by atoms with E-state index in [1.54, 1.807) is 25.3 Å². The van der Waals surface area contributed by atoms with E-state index >= 15 is 0 Å². The molecule has 3 heterocycles. The van der Waals surface area contributed by atoms with Gasteiger partial charge in [0, 0.05) is 0 Å². The second kappa shape index (κ2) is 9.67. The molecule has 0 fully saturated rings. The molecule has 8 nitrogen and oxygen atoms in total. The summed E-state index contributed by atoms with van der Waals surface area (Å²) in [7, 11) is 1.56. The zero-order valence-corrected chi connectivity index (χ0v) is 22.7. The molecule has 0 saturated heterocycles. The maximum Gasteiger partial charge on any atom is 0.297 e. The first-order valence-electron chi connectivity index (χ1n) is 12.4. The summed E-state index contributed by atoms with van der Waals surface area (Å²) in [6, 6.07) is 18.1. The molecule has 0 saturated carbocycles. The van der Waals surface area contributed by atoms with Gasteiger partial charge in [-0.05, 0) is 67.3 Å². The van der Waals surface area contributed by atoms with Crippen molar-refractivity contribution in [1.29, 1.82) is 0 Å². The van der Waals surface area contributed by atoms with E-state index in [4.69, 9.17) is 13.9 Å². The normalized spacial score (nSPS) is 14.6. The van der Waals surface area contributed by atoms with E-state index in [9.17, 15) is 9.59 Å². The lowest BCUT2D eigenvalue weighted by atomic mass is 9.97. The van der Waals surface area contributed by atoms with Crippen LogP contribution in [0.1, 0.15) is 49.4 Å². The molecule has 0 bridgehead atoms. The summed E-state index contributed by atoms with van der Waals surface area (Å²) in [5.74, 6) is 0.600. The van der Waals surface area contributed by atoms with Crippen molar-refractivity contribution in [2.45, 2.75) is 33.4 Å². The van der Waals surface area contributed by atoms with Gasteiger partial charge in [-0.1, -0.05) is 47.7 Å². The number of carbonyl (C=O) groups excluding carboxylic acids is 1. The number of aryl methyl sites for hydroxylation is 3. The predicted molar refractivity (Wildman–Crippen MR) is 149 cm³/mol. The zero-order valence-electron chi connectivity index (χ0n) is 21.8. The van der Waals surface area contributed by atoms with Gasteiger partial charge in [0.25, 0.3) is 5.91 Å². The van der Waals surface area contributed by atoms with E-state index in [0.29, 0.717) is 44.8 Å². The lowest BCUT2D eigenvalue weighted by Crippen LogP contribution is -2.29. The molecule has 1 atom stereocenters. The monoisotopic (exact) mass is 539 g/mol. The average Bonchev–Trinajstić information content (AvgIpc) is 3.49. The third-order valence-corrected chi connectivity index (χ3v) is 7.79. The number of ether oxygens (including phenoxy) is 2. The molecular weight excluding hydrogens is 514 g/mol. The number of hydrogen-bond donors (Lipinski definition) is 0. The molecule has 1 aliphatic rings. The Kier molecular flexibility index (Phi) is 6.15. The Morgan fingerprint density at radius 1 is 0.949 bits per heavy atom. The number of rotatable bonds is 6. The molecule has 2 aromatic heterocycles. The van der Waals surface area contributed by atoms with Crippen molar-refractivity contribution in [2.75, 3.05) is 12.0 Å². The molecule has 39 heavy (non-hydrogen) atoms. The van der Waals surface area contributed by atoms with Crippen molar-refractivity contribution in [3.05, 3.63) is 109 Å². The topological polar surface area (TPSA) is 94.8 Å². The van der Waals surface area contributed by atoms with E-state index in [-0.39, 0.29) is 16.8 Å². The van der Waals surface area contributed by atoms with Gasteiger partial charge in [-0.25, -0.2) is 0 Å². The summed E-state index contributed by atoms with van der Waals surface area (Å²) in [5.41, 5.74) is 4.02. The number of anilines is 1. The molecular formula is C30H25N3O5S. The quantitative estimate of drug-likeness (QED) is 0.265. The van der Waals surface area contributed by atoms with Crippen LogP contribution in [0.4, 0.5) is 5.13 Å². The maximum atomic E-state index is 13.9. The van der Waals surface area contributed by atoms with Crippen LogP contribution in [-0.2, 0) is 6.61 Å². The summed E-state index contributed by atoms with van der Waals surface area (Å²) >= 11 is 1.27. The SMILES string of the molecule is COc1cc(C2c3c(oc4cc(C)c(C)cc4c3=O)C(=O)N2c2nnc(C)s2)ccc1OCc1ccccc1. The number of hydrogen-bond acceptors (Lipinski definition) is 8. The van der Waals surface area contributed by atoms with Crippen molar-refractivity contribution in [1.82, 2.24) is 10.2 Å². The highest BCUT2D eigenvalue weighted by Crippen LogP contribution is 2.44. The van der Waals surface area contributed by atoms with Gasteiger partial charge in [0.15, 0.2) is 16.9 Å². The third-order valence-electron chi connectivity index (χ3n) is 6.95. The lowest BCUT2D eigenvalue weighted by Gasteiger charge is -2.23. The Morgan fingerprint density at radius 2 is 1.72 bits per heavy atom. The van der Waals surface area contributed by atoms with E-state index in [1.165, 1.54) is 16.2 Å².